The summed E-state index contributed by atoms with van der Waals surface area (Å²) in [6, 6.07) is 7.82. The zero-order valence-corrected chi connectivity index (χ0v) is 12.6. The van der Waals surface area contributed by atoms with Gasteiger partial charge in [-0.25, -0.2) is 0 Å². The lowest BCUT2D eigenvalue weighted by molar-refractivity contribution is -0.123. The molecule has 0 aromatic heterocycles. The van der Waals surface area contributed by atoms with E-state index in [0.29, 0.717) is 6.54 Å². The molecule has 0 saturated carbocycles. The van der Waals surface area contributed by atoms with Crippen LogP contribution >= 0.6 is 0 Å². The zero-order chi connectivity index (χ0) is 14.9. The molecule has 21 heavy (non-hydrogen) atoms. The summed E-state index contributed by atoms with van der Waals surface area (Å²) in [6.45, 7) is 7.10. The number of nitrogens with one attached hydrogen (secondary N) is 1. The molecule has 0 unspecified atom stereocenters. The van der Waals surface area contributed by atoms with Crippen molar-refractivity contribution in [3.05, 3.63) is 29.8 Å². The molecule has 5 nitrogen and oxygen atoms in total. The predicted molar refractivity (Wildman–Crippen MR) is 81.6 cm³/mol. The fourth-order valence-corrected chi connectivity index (χ4v) is 2.31. The van der Waals surface area contributed by atoms with Gasteiger partial charge in [-0.3, -0.25) is 9.69 Å². The third kappa shape index (κ3) is 5.36. The maximum Gasteiger partial charge on any atom is 0.257 e. The Bertz CT molecular complexity index is 445. The fourth-order valence-electron chi connectivity index (χ4n) is 2.31. The molecule has 1 aromatic carbocycles. The lowest BCUT2D eigenvalue weighted by Gasteiger charge is -2.26. The molecular weight excluding hydrogens is 268 g/mol. The molecule has 1 aliphatic heterocycles. The van der Waals surface area contributed by atoms with Crippen LogP contribution in [0.4, 0.5) is 0 Å². The average Bonchev–Trinajstić information content (AvgIpc) is 2.54. The highest BCUT2D eigenvalue weighted by Gasteiger charge is 2.10. The van der Waals surface area contributed by atoms with Crippen LogP contribution in [-0.2, 0) is 16.0 Å². The molecule has 0 atom stereocenters. The van der Waals surface area contributed by atoms with Crippen molar-refractivity contribution in [3.63, 3.8) is 0 Å². The molecular formula is C16H24N2O3. The third-order valence-corrected chi connectivity index (χ3v) is 3.57. The van der Waals surface area contributed by atoms with E-state index in [-0.39, 0.29) is 12.5 Å². The number of rotatable bonds is 7. The number of hydrogen-bond donors (Lipinski definition) is 1. The van der Waals surface area contributed by atoms with Gasteiger partial charge in [0.05, 0.1) is 13.2 Å². The van der Waals surface area contributed by atoms with E-state index in [2.05, 4.69) is 17.1 Å². The first kappa shape index (κ1) is 15.8. The van der Waals surface area contributed by atoms with Crippen molar-refractivity contribution in [2.75, 3.05) is 46.0 Å². The second-order valence-electron chi connectivity index (χ2n) is 5.05. The smallest absolute Gasteiger partial charge is 0.257 e. The minimum absolute atomic E-state index is 0.0696. The molecule has 1 saturated heterocycles. The molecule has 0 spiro atoms. The van der Waals surface area contributed by atoms with Crippen LogP contribution in [0.15, 0.2) is 24.3 Å². The summed E-state index contributed by atoms with van der Waals surface area (Å²) < 4.78 is 10.9. The molecule has 0 radical (unpaired) electrons. The topological polar surface area (TPSA) is 50.8 Å². The van der Waals surface area contributed by atoms with Gasteiger partial charge in [-0.05, 0) is 18.1 Å². The number of nitrogens with zero attached hydrogens (tertiary/aromatic N) is 1. The van der Waals surface area contributed by atoms with Crippen LogP contribution in [0.1, 0.15) is 12.5 Å². The summed E-state index contributed by atoms with van der Waals surface area (Å²) in [5.74, 6) is 0.720. The van der Waals surface area contributed by atoms with Gasteiger partial charge in [-0.2, -0.15) is 0 Å². The van der Waals surface area contributed by atoms with E-state index in [1.54, 1.807) is 0 Å². The number of carbonyl (C=O) groups is 1. The van der Waals surface area contributed by atoms with Gasteiger partial charge in [0.1, 0.15) is 5.75 Å². The van der Waals surface area contributed by atoms with Crippen molar-refractivity contribution in [1.29, 1.82) is 0 Å². The maximum absolute atomic E-state index is 11.8. The molecule has 1 aromatic rings. The third-order valence-electron chi connectivity index (χ3n) is 3.57. The average molecular weight is 292 g/mol. The Labute approximate surface area is 126 Å². The molecule has 1 N–H and O–H groups in total. The normalized spacial score (nSPS) is 15.7. The lowest BCUT2D eigenvalue weighted by atomic mass is 10.1. The number of benzene rings is 1. The van der Waals surface area contributed by atoms with Crippen LogP contribution in [0, 0.1) is 0 Å². The number of ether oxygens (including phenoxy) is 2. The van der Waals surface area contributed by atoms with Crippen LogP contribution in [0.5, 0.6) is 5.75 Å². The highest BCUT2D eigenvalue weighted by Crippen LogP contribution is 2.17. The minimum Gasteiger partial charge on any atom is -0.483 e. The molecule has 0 aliphatic carbocycles. The van der Waals surface area contributed by atoms with E-state index >= 15 is 0 Å². The molecule has 0 bridgehead atoms. The molecule has 1 amide bonds. The number of hydrogen-bond acceptors (Lipinski definition) is 4. The van der Waals surface area contributed by atoms with E-state index in [1.165, 1.54) is 0 Å². The van der Waals surface area contributed by atoms with Crippen LogP contribution in [-0.4, -0.2) is 56.8 Å². The van der Waals surface area contributed by atoms with Crippen molar-refractivity contribution in [1.82, 2.24) is 10.2 Å². The number of morpholine rings is 1. The predicted octanol–water partition coefficient (Wildman–Crippen LogP) is 1.08. The van der Waals surface area contributed by atoms with E-state index in [1.807, 2.05) is 24.3 Å². The van der Waals surface area contributed by atoms with E-state index < -0.39 is 0 Å². The summed E-state index contributed by atoms with van der Waals surface area (Å²) in [5.41, 5.74) is 1.12. The van der Waals surface area contributed by atoms with Crippen LogP contribution in [0.2, 0.25) is 0 Å². The Morgan fingerprint density at radius 2 is 2.10 bits per heavy atom. The molecule has 5 heteroatoms. The quantitative estimate of drug-likeness (QED) is 0.817. The van der Waals surface area contributed by atoms with Crippen molar-refractivity contribution >= 4 is 5.91 Å². The van der Waals surface area contributed by atoms with Crippen LogP contribution in [0.25, 0.3) is 0 Å². The number of aryl methyl sites for hydroxylation is 1. The molecule has 1 heterocycles. The molecule has 1 fully saturated rings. The summed E-state index contributed by atoms with van der Waals surface area (Å²) in [5, 5.41) is 2.89. The van der Waals surface area contributed by atoms with Gasteiger partial charge >= 0.3 is 0 Å². The van der Waals surface area contributed by atoms with Gasteiger partial charge in [0.15, 0.2) is 6.61 Å². The van der Waals surface area contributed by atoms with Gasteiger partial charge in [0.2, 0.25) is 0 Å². The second kappa shape index (κ2) is 8.64. The Kier molecular flexibility index (Phi) is 6.50. The minimum atomic E-state index is -0.0748. The number of carbonyl (C=O) groups excluding carboxylic acids is 1. The highest BCUT2D eigenvalue weighted by molar-refractivity contribution is 5.77. The Morgan fingerprint density at radius 3 is 2.86 bits per heavy atom. The summed E-state index contributed by atoms with van der Waals surface area (Å²) in [4.78, 5) is 14.1. The van der Waals surface area contributed by atoms with Crippen molar-refractivity contribution in [2.45, 2.75) is 13.3 Å². The lowest BCUT2D eigenvalue weighted by Crippen LogP contribution is -2.42. The fraction of sp³-hybridized carbons (Fsp3) is 0.562. The largest absolute Gasteiger partial charge is 0.483 e. The molecule has 2 rings (SSSR count). The standard InChI is InChI=1S/C16H24N2O3/c1-2-14-5-3-4-6-15(14)21-13-16(19)17-7-8-18-9-11-20-12-10-18/h3-6H,2,7-13H2,1H3,(H,17,19). The van der Waals surface area contributed by atoms with Gasteiger partial charge in [0.25, 0.3) is 5.91 Å². The monoisotopic (exact) mass is 292 g/mol. The number of amides is 1. The molecule has 1 aliphatic rings. The number of para-hydroxylation sites is 1. The first-order valence-electron chi connectivity index (χ1n) is 7.57. The second-order valence-corrected chi connectivity index (χ2v) is 5.05. The summed E-state index contributed by atoms with van der Waals surface area (Å²) in [6.07, 6.45) is 0.898. The van der Waals surface area contributed by atoms with E-state index in [4.69, 9.17) is 9.47 Å². The highest BCUT2D eigenvalue weighted by atomic mass is 16.5. The van der Waals surface area contributed by atoms with Gasteiger partial charge < -0.3 is 14.8 Å². The van der Waals surface area contributed by atoms with Crippen LogP contribution < -0.4 is 10.1 Å². The Balaban J connectivity index is 1.65. The van der Waals surface area contributed by atoms with Crippen LogP contribution in [0.3, 0.4) is 0 Å². The van der Waals surface area contributed by atoms with Crippen molar-refractivity contribution in [2.24, 2.45) is 0 Å². The SMILES string of the molecule is CCc1ccccc1OCC(=O)NCCN1CCOCC1. The first-order valence-corrected chi connectivity index (χ1v) is 7.57. The Morgan fingerprint density at radius 1 is 1.33 bits per heavy atom. The molecule has 116 valence electrons. The zero-order valence-electron chi connectivity index (χ0n) is 12.6. The Hall–Kier alpha value is -1.59. The first-order chi connectivity index (χ1) is 10.3. The summed E-state index contributed by atoms with van der Waals surface area (Å²) >= 11 is 0. The van der Waals surface area contributed by atoms with Gasteiger partial charge in [-0.15, -0.1) is 0 Å². The summed E-state index contributed by atoms with van der Waals surface area (Å²) in [7, 11) is 0. The van der Waals surface area contributed by atoms with Crippen molar-refractivity contribution < 1.29 is 14.3 Å². The maximum atomic E-state index is 11.8. The van der Waals surface area contributed by atoms with E-state index in [0.717, 1.165) is 50.6 Å². The van der Waals surface area contributed by atoms with Gasteiger partial charge in [0, 0.05) is 26.2 Å². The van der Waals surface area contributed by atoms with Gasteiger partial charge in [-0.1, -0.05) is 25.1 Å². The van der Waals surface area contributed by atoms with E-state index in [9.17, 15) is 4.79 Å². The van der Waals surface area contributed by atoms with Crippen molar-refractivity contribution in [3.8, 4) is 5.75 Å².